The molecule has 4 rings (SSSR count). The molecule has 4 aliphatic carbocycles. The van der Waals surface area contributed by atoms with Gasteiger partial charge in [-0.25, -0.2) is 0 Å². The Hall–Kier alpha value is -0.120. The topological polar surface area (TPSA) is 49.7 Å². The summed E-state index contributed by atoms with van der Waals surface area (Å²) in [5.74, 6) is 5.73. The van der Waals surface area contributed by atoms with E-state index >= 15 is 0 Å². The highest BCUT2D eigenvalue weighted by Crippen LogP contribution is 2.71. The van der Waals surface area contributed by atoms with Crippen LogP contribution in [0, 0.1) is 52.3 Å². The lowest BCUT2D eigenvalue weighted by atomic mass is 9.47. The predicted molar refractivity (Wildman–Crippen MR) is 141 cm³/mol. The van der Waals surface area contributed by atoms with Crippen molar-refractivity contribution in [2.75, 3.05) is 13.2 Å². The van der Waals surface area contributed by atoms with E-state index in [-0.39, 0.29) is 12.0 Å². The normalized spacial score (nSPS) is 45.2. The van der Waals surface area contributed by atoms with Crippen molar-refractivity contribution in [1.29, 1.82) is 0 Å². The Balaban J connectivity index is 1.51. The number of rotatable bonds is 9. The maximum absolute atomic E-state index is 11.2. The van der Waals surface area contributed by atoms with Crippen LogP contribution in [-0.4, -0.2) is 34.6 Å². The Morgan fingerprint density at radius 2 is 1.65 bits per heavy atom. The van der Waals surface area contributed by atoms with Gasteiger partial charge in [0.1, 0.15) is 0 Å². The van der Waals surface area contributed by atoms with Crippen molar-refractivity contribution >= 4 is 0 Å². The number of aliphatic hydroxyl groups excluding tert-OH is 1. The molecule has 9 atom stereocenters. The van der Waals surface area contributed by atoms with Crippen molar-refractivity contribution in [2.45, 2.75) is 130 Å². The zero-order valence-electron chi connectivity index (χ0n) is 23.5. The van der Waals surface area contributed by atoms with Crippen LogP contribution >= 0.6 is 0 Å². The summed E-state index contributed by atoms with van der Waals surface area (Å²) < 4.78 is 6.35. The quantitative estimate of drug-likeness (QED) is 0.369. The van der Waals surface area contributed by atoms with Crippen LogP contribution in [0.1, 0.15) is 119 Å². The third kappa shape index (κ3) is 4.43. The van der Waals surface area contributed by atoms with Gasteiger partial charge in [-0.2, -0.15) is 0 Å². The Morgan fingerprint density at radius 3 is 2.29 bits per heavy atom. The summed E-state index contributed by atoms with van der Waals surface area (Å²) in [7, 11) is 0. The molecule has 3 nitrogen and oxygen atoms in total. The molecule has 0 bridgehead atoms. The fourth-order valence-electron chi connectivity index (χ4n) is 10.2. The molecule has 2 unspecified atom stereocenters. The van der Waals surface area contributed by atoms with Gasteiger partial charge in [-0.1, -0.05) is 53.9 Å². The molecule has 34 heavy (non-hydrogen) atoms. The smallest absolute Gasteiger partial charge is 0.0971 e. The largest absolute Gasteiger partial charge is 0.394 e. The molecule has 0 amide bonds. The molecule has 0 aromatic carbocycles. The molecule has 2 N–H and O–H groups in total. The molecule has 4 aliphatic rings. The lowest BCUT2D eigenvalue weighted by Crippen LogP contribution is -2.53. The minimum Gasteiger partial charge on any atom is -0.394 e. The van der Waals surface area contributed by atoms with Crippen LogP contribution in [0.3, 0.4) is 0 Å². The van der Waals surface area contributed by atoms with Gasteiger partial charge in [-0.3, -0.25) is 0 Å². The summed E-state index contributed by atoms with van der Waals surface area (Å²) in [5.41, 5.74) is -0.624. The molecule has 0 aliphatic heterocycles. The monoisotopic (exact) mass is 476 g/mol. The molecule has 0 aromatic rings. The lowest BCUT2D eigenvalue weighted by molar-refractivity contribution is -0.176. The van der Waals surface area contributed by atoms with Crippen LogP contribution in [0.5, 0.6) is 0 Å². The van der Waals surface area contributed by atoms with Crippen molar-refractivity contribution in [2.24, 2.45) is 52.3 Å². The van der Waals surface area contributed by atoms with Crippen molar-refractivity contribution in [1.82, 2.24) is 0 Å². The van der Waals surface area contributed by atoms with Crippen LogP contribution in [0.25, 0.3) is 0 Å². The van der Waals surface area contributed by atoms with Crippen LogP contribution < -0.4 is 0 Å². The number of ether oxygens (including phenoxy) is 1. The molecule has 0 saturated heterocycles. The van der Waals surface area contributed by atoms with E-state index in [0.29, 0.717) is 17.9 Å². The van der Waals surface area contributed by atoms with Gasteiger partial charge in [0.25, 0.3) is 0 Å². The maximum atomic E-state index is 11.2. The van der Waals surface area contributed by atoms with Crippen molar-refractivity contribution in [3.05, 3.63) is 0 Å². The summed E-state index contributed by atoms with van der Waals surface area (Å²) in [6, 6.07) is 0. The fourth-order valence-corrected chi connectivity index (χ4v) is 10.2. The first kappa shape index (κ1) is 26.9. The SMILES string of the molecule is CC(C)CCC[C@@H](C)[C@H]1CC[C@H]2C3CC[C@H]4C[C@@](OCCO)(C(C)(C)O)C[C@]4(C)C3CC[C@]12C. The molecule has 4 saturated carbocycles. The third-order valence-electron chi connectivity index (χ3n) is 12.1. The second-order valence-electron chi connectivity index (χ2n) is 14.7. The van der Waals surface area contributed by atoms with Gasteiger partial charge < -0.3 is 14.9 Å². The Bertz CT molecular complexity index is 697. The Labute approximate surface area is 210 Å². The Kier molecular flexibility index (Phi) is 7.63. The Morgan fingerprint density at radius 1 is 0.941 bits per heavy atom. The first-order chi connectivity index (χ1) is 15.9. The lowest BCUT2D eigenvalue weighted by Gasteiger charge is -2.58. The van der Waals surface area contributed by atoms with Gasteiger partial charge in [0.05, 0.1) is 24.4 Å². The van der Waals surface area contributed by atoms with Gasteiger partial charge in [0.15, 0.2) is 0 Å². The third-order valence-corrected chi connectivity index (χ3v) is 12.1. The first-order valence-electron chi connectivity index (χ1n) is 14.8. The standard InChI is InChI=1S/C31H56O3/c1-21(2)9-8-10-22(3)25-13-14-26-24-12-11-23-19-31(28(4,5)33,34-18-17-32)20-30(23,7)27(24)15-16-29(25,26)6/h21-27,32-33H,8-20H2,1-7H3/t22-,23+,24?,25-,26+,27?,29-,30+,31+/m1/s1. The number of fused-ring (bicyclic) bond motifs is 5. The van der Waals surface area contributed by atoms with Crippen LogP contribution in [0.4, 0.5) is 0 Å². The van der Waals surface area contributed by atoms with E-state index in [9.17, 15) is 10.2 Å². The molecular formula is C31H56O3. The maximum Gasteiger partial charge on any atom is 0.0971 e. The van der Waals surface area contributed by atoms with Gasteiger partial charge in [-0.05, 0) is 117 Å². The zero-order chi connectivity index (χ0) is 24.9. The summed E-state index contributed by atoms with van der Waals surface area (Å²) in [4.78, 5) is 0. The molecule has 0 heterocycles. The van der Waals surface area contributed by atoms with Crippen molar-refractivity contribution in [3.63, 3.8) is 0 Å². The van der Waals surface area contributed by atoms with E-state index < -0.39 is 11.2 Å². The van der Waals surface area contributed by atoms with Gasteiger partial charge in [0.2, 0.25) is 0 Å². The van der Waals surface area contributed by atoms with Gasteiger partial charge in [0, 0.05) is 0 Å². The second-order valence-corrected chi connectivity index (χ2v) is 14.7. The molecule has 0 aromatic heterocycles. The molecule has 0 spiro atoms. The van der Waals surface area contributed by atoms with Gasteiger partial charge in [-0.15, -0.1) is 0 Å². The molecule has 4 fully saturated rings. The van der Waals surface area contributed by atoms with E-state index in [4.69, 9.17) is 4.74 Å². The summed E-state index contributed by atoms with van der Waals surface area (Å²) in [6.45, 7) is 16.7. The van der Waals surface area contributed by atoms with E-state index in [1.165, 1.54) is 57.8 Å². The van der Waals surface area contributed by atoms with E-state index in [1.54, 1.807) is 0 Å². The summed E-state index contributed by atoms with van der Waals surface area (Å²) >= 11 is 0. The highest BCUT2D eigenvalue weighted by molar-refractivity contribution is 5.16. The van der Waals surface area contributed by atoms with Crippen molar-refractivity contribution in [3.8, 4) is 0 Å². The van der Waals surface area contributed by atoms with Gasteiger partial charge >= 0.3 is 0 Å². The molecule has 3 heteroatoms. The highest BCUT2D eigenvalue weighted by Gasteiger charge is 2.66. The van der Waals surface area contributed by atoms with Crippen LogP contribution in [0.2, 0.25) is 0 Å². The molecule has 198 valence electrons. The van der Waals surface area contributed by atoms with Crippen LogP contribution in [0.15, 0.2) is 0 Å². The number of hydrogen-bond donors (Lipinski definition) is 2. The van der Waals surface area contributed by atoms with E-state index in [1.807, 2.05) is 13.8 Å². The minimum atomic E-state index is -0.884. The molecule has 0 radical (unpaired) electrons. The van der Waals surface area contributed by atoms with Crippen molar-refractivity contribution < 1.29 is 14.9 Å². The second kappa shape index (κ2) is 9.64. The first-order valence-corrected chi connectivity index (χ1v) is 14.8. The van der Waals surface area contributed by atoms with E-state index in [2.05, 4.69) is 34.6 Å². The highest BCUT2D eigenvalue weighted by atomic mass is 16.5. The van der Waals surface area contributed by atoms with Crippen LogP contribution in [-0.2, 0) is 4.74 Å². The number of hydrogen-bond acceptors (Lipinski definition) is 3. The fraction of sp³-hybridized carbons (Fsp3) is 1.00. The average molecular weight is 477 g/mol. The number of aliphatic hydroxyl groups is 2. The molecular weight excluding hydrogens is 420 g/mol. The zero-order valence-corrected chi connectivity index (χ0v) is 23.5. The average Bonchev–Trinajstić information content (AvgIpc) is 3.26. The minimum absolute atomic E-state index is 0.0302. The summed E-state index contributed by atoms with van der Waals surface area (Å²) in [5, 5.41) is 20.7. The summed E-state index contributed by atoms with van der Waals surface area (Å²) in [6.07, 6.45) is 14.4. The van der Waals surface area contributed by atoms with E-state index in [0.717, 1.165) is 48.3 Å². The predicted octanol–water partition coefficient (Wildman–Crippen LogP) is 7.24.